The van der Waals surface area contributed by atoms with E-state index in [0.717, 1.165) is 5.56 Å². The Morgan fingerprint density at radius 1 is 1.11 bits per heavy atom. The van der Waals surface area contributed by atoms with Gasteiger partial charge in [0.05, 0.1) is 19.3 Å². The second-order valence-corrected chi connectivity index (χ2v) is 4.62. The molecule has 1 fully saturated rings. The molecule has 19 heavy (non-hydrogen) atoms. The minimum absolute atomic E-state index is 0.0664. The van der Waals surface area contributed by atoms with Gasteiger partial charge >= 0.3 is 0 Å². The zero-order valence-corrected chi connectivity index (χ0v) is 10.4. The van der Waals surface area contributed by atoms with Crippen LogP contribution in [-0.2, 0) is 16.1 Å². The van der Waals surface area contributed by atoms with Crippen molar-refractivity contribution < 1.29 is 24.8 Å². The number of aliphatic hydroxyl groups excluding tert-OH is 3. The molecular weight excluding hydrogens is 250 g/mol. The van der Waals surface area contributed by atoms with Gasteiger partial charge in [-0.15, -0.1) is 0 Å². The zero-order chi connectivity index (χ0) is 13.8. The summed E-state index contributed by atoms with van der Waals surface area (Å²) in [5, 5.41) is 28.9. The maximum Gasteiger partial charge on any atom is 0.173 e. The number of hydrogen-bond acceptors (Lipinski definition) is 6. The smallest absolute Gasteiger partial charge is 0.173 e. The van der Waals surface area contributed by atoms with E-state index in [1.54, 1.807) is 0 Å². The molecule has 0 aromatic heterocycles. The maximum atomic E-state index is 9.78. The van der Waals surface area contributed by atoms with E-state index in [2.05, 4.69) is 0 Å². The summed E-state index contributed by atoms with van der Waals surface area (Å²) in [6.45, 7) is 0.433. The Labute approximate surface area is 111 Å². The predicted octanol–water partition coefficient (Wildman–Crippen LogP) is -1.03. The number of ether oxygens (including phenoxy) is 2. The third-order valence-electron chi connectivity index (χ3n) is 3.16. The molecule has 0 radical (unpaired) electrons. The highest BCUT2D eigenvalue weighted by atomic mass is 16.6. The second kappa shape index (κ2) is 6.42. The van der Waals surface area contributed by atoms with Gasteiger partial charge in [-0.25, -0.2) is 0 Å². The van der Waals surface area contributed by atoms with E-state index in [1.807, 2.05) is 30.3 Å². The van der Waals surface area contributed by atoms with Gasteiger partial charge in [0, 0.05) is 0 Å². The topological polar surface area (TPSA) is 105 Å². The summed E-state index contributed by atoms with van der Waals surface area (Å²) < 4.78 is 10.5. The Morgan fingerprint density at radius 3 is 2.47 bits per heavy atom. The van der Waals surface area contributed by atoms with Crippen molar-refractivity contribution >= 4 is 0 Å². The van der Waals surface area contributed by atoms with Gasteiger partial charge in [-0.2, -0.15) is 0 Å². The second-order valence-electron chi connectivity index (χ2n) is 4.62. The highest BCUT2D eigenvalue weighted by Crippen LogP contribution is 2.19. The van der Waals surface area contributed by atoms with Crippen molar-refractivity contribution in [2.45, 2.75) is 37.3 Å². The third-order valence-corrected chi connectivity index (χ3v) is 3.16. The van der Waals surface area contributed by atoms with Crippen molar-refractivity contribution in [1.29, 1.82) is 0 Å². The summed E-state index contributed by atoms with van der Waals surface area (Å²) in [4.78, 5) is 0. The maximum absolute atomic E-state index is 9.78. The fourth-order valence-corrected chi connectivity index (χ4v) is 1.97. The van der Waals surface area contributed by atoms with Crippen LogP contribution in [0, 0.1) is 0 Å². The minimum Gasteiger partial charge on any atom is -0.388 e. The summed E-state index contributed by atoms with van der Waals surface area (Å²) in [6.07, 6.45) is -4.50. The molecule has 1 aliphatic rings. The van der Waals surface area contributed by atoms with E-state index in [4.69, 9.17) is 15.2 Å². The van der Waals surface area contributed by atoms with Crippen molar-refractivity contribution in [2.75, 3.05) is 6.61 Å². The highest BCUT2D eigenvalue weighted by Gasteiger charge is 2.41. The molecule has 106 valence electrons. The lowest BCUT2D eigenvalue weighted by atomic mass is 9.98. The van der Waals surface area contributed by atoms with E-state index in [0.29, 0.717) is 6.61 Å². The van der Waals surface area contributed by atoms with Gasteiger partial charge in [0.25, 0.3) is 0 Å². The van der Waals surface area contributed by atoms with E-state index >= 15 is 0 Å². The van der Waals surface area contributed by atoms with Crippen molar-refractivity contribution in [1.82, 2.24) is 0 Å². The fraction of sp³-hybridized carbons (Fsp3) is 0.538. The standard InChI is InChI=1S/C13H19NO5/c14-10-12(16)11(15)9(19-13(10)17)7-18-6-8-4-2-1-3-5-8/h1-5,9-13,15-17H,6-7,14H2/t9-,10-,11-,12-,13?/m1/s1. The SMILES string of the molecule is N[C@H]1C(O)O[C@H](COCc2ccccc2)[C@@H](O)[C@@H]1O. The van der Waals surface area contributed by atoms with Crippen molar-refractivity contribution in [2.24, 2.45) is 5.73 Å². The molecule has 0 amide bonds. The summed E-state index contributed by atoms with van der Waals surface area (Å²) in [7, 11) is 0. The molecule has 1 saturated heterocycles. The summed E-state index contributed by atoms with van der Waals surface area (Å²) in [5.74, 6) is 0. The normalized spacial score (nSPS) is 35.3. The van der Waals surface area contributed by atoms with Crippen molar-refractivity contribution in [3.05, 3.63) is 35.9 Å². The van der Waals surface area contributed by atoms with Crippen LogP contribution in [0.15, 0.2) is 30.3 Å². The molecule has 0 saturated carbocycles. The first kappa shape index (κ1) is 14.4. The molecule has 5 N–H and O–H groups in total. The lowest BCUT2D eigenvalue weighted by Crippen LogP contribution is -2.61. The van der Waals surface area contributed by atoms with Gasteiger partial charge in [0.15, 0.2) is 6.29 Å². The van der Waals surface area contributed by atoms with Crippen LogP contribution in [0.2, 0.25) is 0 Å². The molecule has 0 spiro atoms. The van der Waals surface area contributed by atoms with E-state index in [1.165, 1.54) is 0 Å². The number of rotatable bonds is 4. The largest absolute Gasteiger partial charge is 0.388 e. The number of benzene rings is 1. The van der Waals surface area contributed by atoms with Crippen LogP contribution in [0.1, 0.15) is 5.56 Å². The molecule has 1 aromatic carbocycles. The first-order valence-electron chi connectivity index (χ1n) is 6.16. The average molecular weight is 269 g/mol. The van der Waals surface area contributed by atoms with Crippen LogP contribution in [0.3, 0.4) is 0 Å². The molecule has 6 nitrogen and oxygen atoms in total. The summed E-state index contributed by atoms with van der Waals surface area (Å²) in [5.41, 5.74) is 6.46. The predicted molar refractivity (Wildman–Crippen MR) is 67.0 cm³/mol. The molecule has 2 rings (SSSR count). The van der Waals surface area contributed by atoms with Gasteiger partial charge in [0.1, 0.15) is 18.3 Å². The number of nitrogens with two attached hydrogens (primary N) is 1. The molecule has 1 aromatic rings. The molecule has 5 atom stereocenters. The summed E-state index contributed by atoms with van der Waals surface area (Å²) >= 11 is 0. The minimum atomic E-state index is -1.30. The lowest BCUT2D eigenvalue weighted by Gasteiger charge is -2.38. The Bertz CT molecular complexity index is 388. The first-order chi connectivity index (χ1) is 9.09. The van der Waals surface area contributed by atoms with E-state index in [9.17, 15) is 15.3 Å². The monoisotopic (exact) mass is 269 g/mol. The Balaban J connectivity index is 1.82. The number of aliphatic hydroxyl groups is 3. The molecule has 1 heterocycles. The molecule has 1 aliphatic heterocycles. The van der Waals surface area contributed by atoms with Gasteiger partial charge < -0.3 is 30.5 Å². The Hall–Kier alpha value is -1.02. The Morgan fingerprint density at radius 2 is 1.79 bits per heavy atom. The lowest BCUT2D eigenvalue weighted by molar-refractivity contribution is -0.252. The molecule has 6 heteroatoms. The molecule has 0 bridgehead atoms. The van der Waals surface area contributed by atoms with Crippen molar-refractivity contribution in [3.63, 3.8) is 0 Å². The third kappa shape index (κ3) is 3.50. The van der Waals surface area contributed by atoms with Crippen LogP contribution in [0.25, 0.3) is 0 Å². The van der Waals surface area contributed by atoms with Gasteiger partial charge in [0.2, 0.25) is 0 Å². The molecule has 1 unspecified atom stereocenters. The molecule has 0 aliphatic carbocycles. The summed E-state index contributed by atoms with van der Waals surface area (Å²) in [6, 6.07) is 8.52. The fourth-order valence-electron chi connectivity index (χ4n) is 1.97. The van der Waals surface area contributed by atoms with Gasteiger partial charge in [-0.05, 0) is 5.56 Å². The highest BCUT2D eigenvalue weighted by molar-refractivity contribution is 5.13. The first-order valence-corrected chi connectivity index (χ1v) is 6.16. The zero-order valence-electron chi connectivity index (χ0n) is 10.4. The molecular formula is C13H19NO5. The van der Waals surface area contributed by atoms with Crippen LogP contribution in [0.4, 0.5) is 0 Å². The van der Waals surface area contributed by atoms with Crippen LogP contribution in [0.5, 0.6) is 0 Å². The van der Waals surface area contributed by atoms with Crippen LogP contribution in [-0.4, -0.2) is 52.6 Å². The van der Waals surface area contributed by atoms with Gasteiger partial charge in [-0.3, -0.25) is 0 Å². The quantitative estimate of drug-likeness (QED) is 0.557. The van der Waals surface area contributed by atoms with Crippen LogP contribution >= 0.6 is 0 Å². The number of hydrogen-bond donors (Lipinski definition) is 4. The van der Waals surface area contributed by atoms with Crippen molar-refractivity contribution in [3.8, 4) is 0 Å². The van der Waals surface area contributed by atoms with Crippen LogP contribution < -0.4 is 5.73 Å². The van der Waals surface area contributed by atoms with Gasteiger partial charge in [-0.1, -0.05) is 30.3 Å². The Kier molecular flexibility index (Phi) is 4.87. The van der Waals surface area contributed by atoms with E-state index < -0.39 is 30.6 Å². The van der Waals surface area contributed by atoms with E-state index in [-0.39, 0.29) is 6.61 Å². The average Bonchev–Trinajstić information content (AvgIpc) is 2.43.